The summed E-state index contributed by atoms with van der Waals surface area (Å²) in [5, 5.41) is 9.38. The SMILES string of the molecule is C=CCn1c(Cc2ccc(OC)cc2)nnc1SCc1ccccc1F. The Hall–Kier alpha value is -2.60. The number of hydrogen-bond donors (Lipinski definition) is 0. The standard InChI is InChI=1S/C20H20FN3OS/c1-3-12-24-19(13-15-8-10-17(25-2)11-9-15)22-23-20(24)26-14-16-6-4-5-7-18(16)21/h3-11H,1,12-14H2,2H3. The molecule has 0 aliphatic rings. The van der Waals surface area contributed by atoms with Gasteiger partial charge in [0.15, 0.2) is 5.16 Å². The van der Waals surface area contributed by atoms with E-state index < -0.39 is 0 Å². The number of benzene rings is 2. The number of methoxy groups -OCH3 is 1. The number of ether oxygens (including phenoxy) is 1. The van der Waals surface area contributed by atoms with Crippen LogP contribution < -0.4 is 4.74 Å². The second-order valence-electron chi connectivity index (χ2n) is 5.70. The third-order valence-electron chi connectivity index (χ3n) is 3.94. The maximum absolute atomic E-state index is 13.8. The average molecular weight is 369 g/mol. The van der Waals surface area contributed by atoms with Crippen molar-refractivity contribution in [3.63, 3.8) is 0 Å². The fourth-order valence-electron chi connectivity index (χ4n) is 2.55. The summed E-state index contributed by atoms with van der Waals surface area (Å²) >= 11 is 1.47. The number of hydrogen-bond acceptors (Lipinski definition) is 4. The lowest BCUT2D eigenvalue weighted by Gasteiger charge is -2.08. The predicted molar refractivity (Wildman–Crippen MR) is 102 cm³/mol. The molecule has 3 rings (SSSR count). The van der Waals surface area contributed by atoms with E-state index in [1.807, 2.05) is 41.0 Å². The Kier molecular flexibility index (Phi) is 6.07. The summed E-state index contributed by atoms with van der Waals surface area (Å²) in [5.74, 6) is 1.98. The Balaban J connectivity index is 1.76. The van der Waals surface area contributed by atoms with Gasteiger partial charge in [-0.2, -0.15) is 0 Å². The Labute approximate surface area is 156 Å². The van der Waals surface area contributed by atoms with Gasteiger partial charge < -0.3 is 9.30 Å². The monoisotopic (exact) mass is 369 g/mol. The Morgan fingerprint density at radius 3 is 2.62 bits per heavy atom. The molecule has 3 aromatic rings. The molecule has 0 amide bonds. The fraction of sp³-hybridized carbons (Fsp3) is 0.200. The van der Waals surface area contributed by atoms with Gasteiger partial charge in [-0.15, -0.1) is 16.8 Å². The van der Waals surface area contributed by atoms with Crippen molar-refractivity contribution >= 4 is 11.8 Å². The zero-order valence-corrected chi connectivity index (χ0v) is 15.4. The number of aromatic nitrogens is 3. The lowest BCUT2D eigenvalue weighted by atomic mass is 10.1. The van der Waals surface area contributed by atoms with Gasteiger partial charge in [0.05, 0.1) is 7.11 Å². The molecule has 0 spiro atoms. The number of nitrogens with zero attached hydrogens (tertiary/aromatic N) is 3. The third-order valence-corrected chi connectivity index (χ3v) is 4.96. The first-order valence-corrected chi connectivity index (χ1v) is 9.22. The molecule has 1 heterocycles. The summed E-state index contributed by atoms with van der Waals surface area (Å²) in [5.41, 5.74) is 1.77. The van der Waals surface area contributed by atoms with Crippen LogP contribution in [0.4, 0.5) is 4.39 Å². The molecule has 0 N–H and O–H groups in total. The summed E-state index contributed by atoms with van der Waals surface area (Å²) in [6, 6.07) is 14.7. The van der Waals surface area contributed by atoms with Crippen LogP contribution in [0, 0.1) is 5.82 Å². The lowest BCUT2D eigenvalue weighted by molar-refractivity contribution is 0.414. The molecule has 1 aromatic heterocycles. The zero-order valence-electron chi connectivity index (χ0n) is 14.6. The van der Waals surface area contributed by atoms with E-state index in [0.29, 0.717) is 24.3 Å². The van der Waals surface area contributed by atoms with Crippen molar-refractivity contribution in [1.29, 1.82) is 0 Å². The summed E-state index contributed by atoms with van der Waals surface area (Å²) in [6.07, 6.45) is 2.47. The van der Waals surface area contributed by atoms with Gasteiger partial charge in [0.25, 0.3) is 0 Å². The van der Waals surface area contributed by atoms with Crippen molar-refractivity contribution in [2.45, 2.75) is 23.9 Å². The highest BCUT2D eigenvalue weighted by Gasteiger charge is 2.13. The van der Waals surface area contributed by atoms with Gasteiger partial charge in [-0.3, -0.25) is 0 Å². The van der Waals surface area contributed by atoms with Crippen LogP contribution in [0.25, 0.3) is 0 Å². The highest BCUT2D eigenvalue weighted by Crippen LogP contribution is 2.24. The van der Waals surface area contributed by atoms with Crippen LogP contribution in [0.1, 0.15) is 17.0 Å². The van der Waals surface area contributed by atoms with E-state index in [-0.39, 0.29) is 5.82 Å². The molecule has 0 fully saturated rings. The summed E-state index contributed by atoms with van der Waals surface area (Å²) < 4.78 is 21.0. The molecule has 2 aromatic carbocycles. The molecule has 0 saturated heterocycles. The molecule has 6 heteroatoms. The minimum absolute atomic E-state index is 0.201. The first kappa shape index (κ1) is 18.2. The molecule has 26 heavy (non-hydrogen) atoms. The van der Waals surface area contributed by atoms with Crippen LogP contribution >= 0.6 is 11.8 Å². The van der Waals surface area contributed by atoms with Gasteiger partial charge in [0, 0.05) is 18.7 Å². The van der Waals surface area contributed by atoms with Crippen molar-refractivity contribution in [1.82, 2.24) is 14.8 Å². The lowest BCUT2D eigenvalue weighted by Crippen LogP contribution is -2.05. The Morgan fingerprint density at radius 1 is 1.15 bits per heavy atom. The van der Waals surface area contributed by atoms with Crippen LogP contribution in [0.5, 0.6) is 5.75 Å². The minimum Gasteiger partial charge on any atom is -0.497 e. The second kappa shape index (κ2) is 8.67. The Morgan fingerprint density at radius 2 is 1.92 bits per heavy atom. The normalized spacial score (nSPS) is 10.7. The molecule has 0 unspecified atom stereocenters. The van der Waals surface area contributed by atoms with Gasteiger partial charge in [0.2, 0.25) is 0 Å². The van der Waals surface area contributed by atoms with E-state index in [9.17, 15) is 4.39 Å². The molecule has 134 valence electrons. The summed E-state index contributed by atoms with van der Waals surface area (Å²) in [6.45, 7) is 4.43. The van der Waals surface area contributed by atoms with Gasteiger partial charge in [0.1, 0.15) is 17.4 Å². The molecule has 0 aliphatic carbocycles. The van der Waals surface area contributed by atoms with Crippen molar-refractivity contribution in [3.05, 3.63) is 84.0 Å². The van der Waals surface area contributed by atoms with Crippen LogP contribution in [-0.4, -0.2) is 21.9 Å². The van der Waals surface area contributed by atoms with E-state index in [2.05, 4.69) is 16.8 Å². The van der Waals surface area contributed by atoms with Crippen molar-refractivity contribution in [3.8, 4) is 5.75 Å². The molecular formula is C20H20FN3OS. The van der Waals surface area contributed by atoms with Crippen molar-refractivity contribution in [2.75, 3.05) is 7.11 Å². The summed E-state index contributed by atoms with van der Waals surface area (Å²) in [4.78, 5) is 0. The van der Waals surface area contributed by atoms with E-state index in [0.717, 1.165) is 22.3 Å². The minimum atomic E-state index is -0.201. The Bertz CT molecular complexity index is 877. The molecule has 0 bridgehead atoms. The number of thioether (sulfide) groups is 1. The topological polar surface area (TPSA) is 39.9 Å². The fourth-order valence-corrected chi connectivity index (χ4v) is 3.51. The molecule has 0 saturated carbocycles. The van der Waals surface area contributed by atoms with Crippen LogP contribution in [-0.2, 0) is 18.7 Å². The third kappa shape index (κ3) is 4.32. The highest BCUT2D eigenvalue weighted by atomic mass is 32.2. The van der Waals surface area contributed by atoms with Gasteiger partial charge in [-0.25, -0.2) is 4.39 Å². The quantitative estimate of drug-likeness (QED) is 0.433. The zero-order chi connectivity index (χ0) is 18.4. The maximum Gasteiger partial charge on any atom is 0.191 e. The molecule has 4 nitrogen and oxygen atoms in total. The largest absolute Gasteiger partial charge is 0.497 e. The molecule has 0 atom stereocenters. The number of rotatable bonds is 8. The van der Waals surface area contributed by atoms with E-state index >= 15 is 0 Å². The maximum atomic E-state index is 13.8. The predicted octanol–water partition coefficient (Wildman–Crippen LogP) is 4.49. The van der Waals surface area contributed by atoms with E-state index in [1.54, 1.807) is 19.2 Å². The number of allylic oxidation sites excluding steroid dienone is 1. The van der Waals surface area contributed by atoms with Crippen molar-refractivity contribution < 1.29 is 9.13 Å². The van der Waals surface area contributed by atoms with E-state index in [1.165, 1.54) is 17.8 Å². The van der Waals surface area contributed by atoms with Gasteiger partial charge >= 0.3 is 0 Å². The van der Waals surface area contributed by atoms with Gasteiger partial charge in [-0.05, 0) is 29.3 Å². The second-order valence-corrected chi connectivity index (χ2v) is 6.65. The number of halogens is 1. The smallest absolute Gasteiger partial charge is 0.191 e. The van der Waals surface area contributed by atoms with Crippen molar-refractivity contribution in [2.24, 2.45) is 0 Å². The van der Waals surface area contributed by atoms with Crippen LogP contribution in [0.2, 0.25) is 0 Å². The average Bonchev–Trinajstić information content (AvgIpc) is 3.04. The molecule has 0 radical (unpaired) electrons. The molecule has 0 aliphatic heterocycles. The van der Waals surface area contributed by atoms with Crippen LogP contribution in [0.3, 0.4) is 0 Å². The van der Waals surface area contributed by atoms with E-state index in [4.69, 9.17) is 4.74 Å². The van der Waals surface area contributed by atoms with Gasteiger partial charge in [-0.1, -0.05) is 48.2 Å². The molecular weight excluding hydrogens is 349 g/mol. The summed E-state index contributed by atoms with van der Waals surface area (Å²) in [7, 11) is 1.65. The highest BCUT2D eigenvalue weighted by molar-refractivity contribution is 7.98. The van der Waals surface area contributed by atoms with Crippen LogP contribution in [0.15, 0.2) is 66.3 Å². The first-order chi connectivity index (χ1) is 12.7. The first-order valence-electron chi connectivity index (χ1n) is 8.23.